The Morgan fingerprint density at radius 2 is 1.77 bits per heavy atom. The van der Waals surface area contributed by atoms with Crippen LogP contribution in [0.1, 0.15) is 15.9 Å². The standard InChI is InChI=1S/C19H18N2O5/c1-25-16-9-5-6-14(12-16)10-11-18(23)26-13-17(22)20-21-19(24)15-7-3-2-4-8-15/h2-12H,13H2,1H3,(H,20,22)(H,21,24)/b11-10+. The van der Waals surface area contributed by atoms with E-state index in [1.54, 1.807) is 67.8 Å². The minimum Gasteiger partial charge on any atom is -0.497 e. The minimum atomic E-state index is -0.683. The molecule has 2 N–H and O–H groups in total. The number of amides is 2. The molecule has 0 atom stereocenters. The van der Waals surface area contributed by atoms with Crippen LogP contribution in [-0.2, 0) is 14.3 Å². The lowest BCUT2D eigenvalue weighted by molar-refractivity contribution is -0.144. The fourth-order valence-corrected chi connectivity index (χ4v) is 1.92. The molecule has 2 rings (SSSR count). The molecule has 0 fully saturated rings. The number of nitrogens with one attached hydrogen (secondary N) is 2. The highest BCUT2D eigenvalue weighted by molar-refractivity contribution is 5.95. The second kappa shape index (κ2) is 9.63. The summed E-state index contributed by atoms with van der Waals surface area (Å²) in [6.45, 7) is -0.518. The van der Waals surface area contributed by atoms with Crippen LogP contribution in [-0.4, -0.2) is 31.5 Å². The molecule has 0 bridgehead atoms. The zero-order chi connectivity index (χ0) is 18.8. The molecule has 26 heavy (non-hydrogen) atoms. The largest absolute Gasteiger partial charge is 0.497 e. The lowest BCUT2D eigenvalue weighted by atomic mass is 10.2. The number of ether oxygens (including phenoxy) is 2. The predicted molar refractivity (Wildman–Crippen MR) is 95.0 cm³/mol. The third kappa shape index (κ3) is 6.12. The Kier molecular flexibility index (Phi) is 6.93. The molecular weight excluding hydrogens is 336 g/mol. The molecule has 0 aliphatic carbocycles. The van der Waals surface area contributed by atoms with Crippen molar-refractivity contribution in [2.24, 2.45) is 0 Å². The van der Waals surface area contributed by atoms with Gasteiger partial charge in [-0.15, -0.1) is 0 Å². The maximum Gasteiger partial charge on any atom is 0.331 e. The Bertz CT molecular complexity index is 803. The first kappa shape index (κ1) is 18.7. The van der Waals surface area contributed by atoms with Crippen LogP contribution in [0.5, 0.6) is 5.75 Å². The molecule has 7 nitrogen and oxygen atoms in total. The van der Waals surface area contributed by atoms with Gasteiger partial charge in [-0.05, 0) is 35.9 Å². The van der Waals surface area contributed by atoms with Gasteiger partial charge in [0.1, 0.15) is 5.75 Å². The number of hydrazine groups is 1. The molecule has 0 aliphatic rings. The summed E-state index contributed by atoms with van der Waals surface area (Å²) in [7, 11) is 1.55. The van der Waals surface area contributed by atoms with Gasteiger partial charge in [-0.3, -0.25) is 20.4 Å². The molecule has 0 heterocycles. The molecule has 134 valence electrons. The number of hydrogen-bond donors (Lipinski definition) is 2. The van der Waals surface area contributed by atoms with E-state index in [0.29, 0.717) is 11.3 Å². The summed E-state index contributed by atoms with van der Waals surface area (Å²) >= 11 is 0. The van der Waals surface area contributed by atoms with Crippen molar-refractivity contribution in [2.45, 2.75) is 0 Å². The van der Waals surface area contributed by atoms with Crippen LogP contribution in [0, 0.1) is 0 Å². The van der Waals surface area contributed by atoms with Crippen LogP contribution in [0.4, 0.5) is 0 Å². The fourth-order valence-electron chi connectivity index (χ4n) is 1.92. The first-order chi connectivity index (χ1) is 12.6. The molecule has 0 aliphatic heterocycles. The molecule has 0 radical (unpaired) electrons. The third-order valence-electron chi connectivity index (χ3n) is 3.20. The smallest absolute Gasteiger partial charge is 0.331 e. The number of benzene rings is 2. The number of carbonyl (C=O) groups is 3. The second-order valence-corrected chi connectivity index (χ2v) is 5.09. The molecule has 0 aromatic heterocycles. The molecule has 2 amide bonds. The van der Waals surface area contributed by atoms with E-state index in [1.807, 2.05) is 0 Å². The van der Waals surface area contributed by atoms with E-state index in [0.717, 1.165) is 5.56 Å². The van der Waals surface area contributed by atoms with Crippen LogP contribution in [0.3, 0.4) is 0 Å². The zero-order valence-electron chi connectivity index (χ0n) is 14.1. The van der Waals surface area contributed by atoms with Gasteiger partial charge in [-0.1, -0.05) is 30.3 Å². The summed E-state index contributed by atoms with van der Waals surface area (Å²) in [6.07, 6.45) is 2.74. The normalized spacial score (nSPS) is 10.2. The van der Waals surface area contributed by atoms with Gasteiger partial charge in [-0.25, -0.2) is 4.79 Å². The van der Waals surface area contributed by atoms with E-state index in [-0.39, 0.29) is 0 Å². The molecule has 2 aromatic rings. The Morgan fingerprint density at radius 1 is 1.00 bits per heavy atom. The van der Waals surface area contributed by atoms with Crippen LogP contribution >= 0.6 is 0 Å². The number of methoxy groups -OCH3 is 1. The van der Waals surface area contributed by atoms with E-state index in [9.17, 15) is 14.4 Å². The molecule has 0 spiro atoms. The average molecular weight is 354 g/mol. The molecule has 2 aromatic carbocycles. The van der Waals surface area contributed by atoms with Crippen LogP contribution in [0.25, 0.3) is 6.08 Å². The van der Waals surface area contributed by atoms with Gasteiger partial charge in [0.15, 0.2) is 6.61 Å². The van der Waals surface area contributed by atoms with Crippen LogP contribution in [0.2, 0.25) is 0 Å². The lowest BCUT2D eigenvalue weighted by Crippen LogP contribution is -2.43. The first-order valence-electron chi connectivity index (χ1n) is 7.71. The minimum absolute atomic E-state index is 0.394. The maximum atomic E-state index is 11.7. The number of esters is 1. The number of hydrogen-bond acceptors (Lipinski definition) is 5. The van der Waals surface area contributed by atoms with Crippen molar-refractivity contribution >= 4 is 23.9 Å². The van der Waals surface area contributed by atoms with Crippen molar-refractivity contribution < 1.29 is 23.9 Å². The summed E-state index contributed by atoms with van der Waals surface area (Å²) in [5.41, 5.74) is 5.55. The van der Waals surface area contributed by atoms with E-state index >= 15 is 0 Å². The van der Waals surface area contributed by atoms with Crippen molar-refractivity contribution in [1.29, 1.82) is 0 Å². The highest BCUT2D eigenvalue weighted by atomic mass is 16.5. The Morgan fingerprint density at radius 3 is 2.50 bits per heavy atom. The SMILES string of the molecule is COc1cccc(/C=C/C(=O)OCC(=O)NNC(=O)c2ccccc2)c1. The van der Waals surface area contributed by atoms with Gasteiger partial charge < -0.3 is 9.47 Å². The highest BCUT2D eigenvalue weighted by Crippen LogP contribution is 2.13. The number of carbonyl (C=O) groups excluding carboxylic acids is 3. The summed E-state index contributed by atoms with van der Waals surface area (Å²) in [5, 5.41) is 0. The average Bonchev–Trinajstić information content (AvgIpc) is 2.69. The topological polar surface area (TPSA) is 93.7 Å². The zero-order valence-corrected chi connectivity index (χ0v) is 14.1. The Labute approximate surface area is 150 Å². The molecule has 0 unspecified atom stereocenters. The fraction of sp³-hybridized carbons (Fsp3) is 0.105. The van der Waals surface area contributed by atoms with Crippen LogP contribution < -0.4 is 15.6 Å². The van der Waals surface area contributed by atoms with E-state index in [4.69, 9.17) is 9.47 Å². The van der Waals surface area contributed by atoms with E-state index < -0.39 is 24.4 Å². The van der Waals surface area contributed by atoms with Crippen molar-refractivity contribution in [1.82, 2.24) is 10.9 Å². The van der Waals surface area contributed by atoms with E-state index in [1.165, 1.54) is 6.08 Å². The maximum absolute atomic E-state index is 11.7. The van der Waals surface area contributed by atoms with Gasteiger partial charge in [-0.2, -0.15) is 0 Å². The second-order valence-electron chi connectivity index (χ2n) is 5.09. The summed E-state index contributed by atoms with van der Waals surface area (Å²) in [6, 6.07) is 15.5. The first-order valence-corrected chi connectivity index (χ1v) is 7.71. The Hall–Kier alpha value is -3.61. The summed E-state index contributed by atoms with van der Waals surface area (Å²) < 4.78 is 9.88. The molecule has 0 saturated carbocycles. The lowest BCUT2D eigenvalue weighted by Gasteiger charge is -2.07. The van der Waals surface area contributed by atoms with Gasteiger partial charge in [0.05, 0.1) is 7.11 Å². The van der Waals surface area contributed by atoms with Crippen molar-refractivity contribution in [3.05, 3.63) is 71.8 Å². The third-order valence-corrected chi connectivity index (χ3v) is 3.20. The van der Waals surface area contributed by atoms with Gasteiger partial charge in [0.2, 0.25) is 0 Å². The molecule has 0 saturated heterocycles. The summed E-state index contributed by atoms with van der Waals surface area (Å²) in [4.78, 5) is 35.0. The van der Waals surface area contributed by atoms with Gasteiger partial charge in [0, 0.05) is 11.6 Å². The predicted octanol–water partition coefficient (Wildman–Crippen LogP) is 1.71. The highest BCUT2D eigenvalue weighted by Gasteiger charge is 2.08. The quantitative estimate of drug-likeness (QED) is 0.468. The molecular formula is C19H18N2O5. The van der Waals surface area contributed by atoms with Gasteiger partial charge in [0.25, 0.3) is 11.8 Å². The van der Waals surface area contributed by atoms with E-state index in [2.05, 4.69) is 10.9 Å². The Balaban J connectivity index is 1.73. The van der Waals surface area contributed by atoms with Crippen molar-refractivity contribution in [3.8, 4) is 5.75 Å². The monoisotopic (exact) mass is 354 g/mol. The van der Waals surface area contributed by atoms with Crippen molar-refractivity contribution in [3.63, 3.8) is 0 Å². The van der Waals surface area contributed by atoms with Crippen LogP contribution in [0.15, 0.2) is 60.7 Å². The van der Waals surface area contributed by atoms with Gasteiger partial charge >= 0.3 is 5.97 Å². The summed E-state index contributed by atoms with van der Waals surface area (Å²) in [5.74, 6) is -1.15. The number of rotatable bonds is 6. The molecule has 7 heteroatoms. The van der Waals surface area contributed by atoms with Crippen molar-refractivity contribution in [2.75, 3.05) is 13.7 Å².